The van der Waals surface area contributed by atoms with Gasteiger partial charge in [-0.3, -0.25) is 4.18 Å². The lowest BCUT2D eigenvalue weighted by Crippen LogP contribution is -2.46. The van der Waals surface area contributed by atoms with Gasteiger partial charge in [-0.25, -0.2) is 0 Å². The van der Waals surface area contributed by atoms with Gasteiger partial charge in [-0.2, -0.15) is 8.42 Å². The molecule has 0 N–H and O–H groups in total. The lowest BCUT2D eigenvalue weighted by atomic mass is 9.62. The van der Waals surface area contributed by atoms with Gasteiger partial charge < -0.3 is 4.74 Å². The molecule has 20 heavy (non-hydrogen) atoms. The maximum atomic E-state index is 12.2. The predicted octanol–water partition coefficient (Wildman–Crippen LogP) is 2.66. The summed E-state index contributed by atoms with van der Waals surface area (Å²) in [4.78, 5) is 0.246. The molecule has 1 saturated carbocycles. The third-order valence-electron chi connectivity index (χ3n) is 4.45. The van der Waals surface area contributed by atoms with E-state index in [2.05, 4.69) is 0 Å². The van der Waals surface area contributed by atoms with Gasteiger partial charge in [-0.1, -0.05) is 17.7 Å². The van der Waals surface area contributed by atoms with Gasteiger partial charge in [0, 0.05) is 13.2 Å². The van der Waals surface area contributed by atoms with E-state index in [1.54, 1.807) is 24.3 Å². The van der Waals surface area contributed by atoms with Crippen molar-refractivity contribution in [1.29, 1.82) is 0 Å². The van der Waals surface area contributed by atoms with Crippen LogP contribution in [0.5, 0.6) is 0 Å². The first-order valence-corrected chi connectivity index (χ1v) is 8.48. The summed E-state index contributed by atoms with van der Waals surface area (Å²) >= 11 is 0. The molecule has 0 amide bonds. The van der Waals surface area contributed by atoms with Crippen LogP contribution in [0.4, 0.5) is 0 Å². The number of benzene rings is 1. The number of ether oxygens (including phenoxy) is 1. The summed E-state index contributed by atoms with van der Waals surface area (Å²) < 4.78 is 35.1. The molecule has 1 aromatic carbocycles. The summed E-state index contributed by atoms with van der Waals surface area (Å²) in [6.07, 6.45) is 3.55. The standard InChI is InChI=1S/C15H20O4S/c1-12-2-4-14(5-3-12)20(16,17)19-13-10-15(11-13)6-8-18-9-7-15/h2-5,13H,6-11H2,1H3. The number of aryl methyl sites for hydroxylation is 1. The highest BCUT2D eigenvalue weighted by molar-refractivity contribution is 7.86. The van der Waals surface area contributed by atoms with Crippen LogP contribution in [0.25, 0.3) is 0 Å². The van der Waals surface area contributed by atoms with Crippen molar-refractivity contribution >= 4 is 10.1 Å². The highest BCUT2D eigenvalue weighted by atomic mass is 32.2. The molecular formula is C15H20O4S. The summed E-state index contributed by atoms with van der Waals surface area (Å²) in [6.45, 7) is 3.51. The van der Waals surface area contributed by atoms with Crippen molar-refractivity contribution < 1.29 is 17.3 Å². The lowest BCUT2D eigenvalue weighted by molar-refractivity contribution is -0.0838. The molecule has 1 saturated heterocycles. The normalized spacial score (nSPS) is 22.6. The molecule has 1 spiro atoms. The minimum Gasteiger partial charge on any atom is -0.381 e. The number of rotatable bonds is 3. The predicted molar refractivity (Wildman–Crippen MR) is 75.0 cm³/mol. The van der Waals surface area contributed by atoms with Crippen molar-refractivity contribution in [2.45, 2.75) is 43.6 Å². The van der Waals surface area contributed by atoms with Crippen LogP contribution in [0.15, 0.2) is 29.2 Å². The van der Waals surface area contributed by atoms with Crippen LogP contribution < -0.4 is 0 Å². The zero-order valence-electron chi connectivity index (χ0n) is 11.7. The van der Waals surface area contributed by atoms with Crippen LogP contribution in [0.3, 0.4) is 0 Å². The van der Waals surface area contributed by atoms with Gasteiger partial charge in [0.2, 0.25) is 0 Å². The molecule has 1 aromatic rings. The van der Waals surface area contributed by atoms with Gasteiger partial charge in [0.1, 0.15) is 0 Å². The van der Waals surface area contributed by atoms with E-state index in [-0.39, 0.29) is 16.4 Å². The van der Waals surface area contributed by atoms with E-state index >= 15 is 0 Å². The van der Waals surface area contributed by atoms with Crippen LogP contribution in [-0.2, 0) is 19.0 Å². The molecule has 0 aromatic heterocycles. The second-order valence-electron chi connectivity index (χ2n) is 6.01. The molecule has 1 aliphatic carbocycles. The van der Waals surface area contributed by atoms with E-state index in [1.807, 2.05) is 6.92 Å². The van der Waals surface area contributed by atoms with E-state index in [4.69, 9.17) is 8.92 Å². The molecular weight excluding hydrogens is 276 g/mol. The van der Waals surface area contributed by atoms with E-state index in [0.29, 0.717) is 0 Å². The molecule has 5 heteroatoms. The van der Waals surface area contributed by atoms with Gasteiger partial charge in [0.15, 0.2) is 0 Å². The molecule has 2 aliphatic rings. The van der Waals surface area contributed by atoms with Gasteiger partial charge in [0.25, 0.3) is 10.1 Å². The Morgan fingerprint density at radius 2 is 1.75 bits per heavy atom. The number of hydrogen-bond acceptors (Lipinski definition) is 4. The Balaban J connectivity index is 1.62. The Bertz CT molecular complexity index is 562. The fourth-order valence-corrected chi connectivity index (χ4v) is 4.20. The highest BCUT2D eigenvalue weighted by Crippen LogP contribution is 2.50. The molecule has 3 rings (SSSR count). The van der Waals surface area contributed by atoms with Crippen molar-refractivity contribution in [1.82, 2.24) is 0 Å². The van der Waals surface area contributed by atoms with E-state index in [0.717, 1.165) is 44.5 Å². The van der Waals surface area contributed by atoms with Gasteiger partial charge >= 0.3 is 0 Å². The zero-order valence-corrected chi connectivity index (χ0v) is 12.5. The van der Waals surface area contributed by atoms with E-state index < -0.39 is 10.1 Å². The second-order valence-corrected chi connectivity index (χ2v) is 7.58. The summed E-state index contributed by atoms with van der Waals surface area (Å²) in [5.41, 5.74) is 1.31. The molecule has 0 radical (unpaired) electrons. The largest absolute Gasteiger partial charge is 0.381 e. The van der Waals surface area contributed by atoms with Crippen LogP contribution in [0.2, 0.25) is 0 Å². The molecule has 0 unspecified atom stereocenters. The maximum absolute atomic E-state index is 12.2. The third kappa shape index (κ3) is 2.75. The Morgan fingerprint density at radius 1 is 1.15 bits per heavy atom. The van der Waals surface area contributed by atoms with Crippen molar-refractivity contribution in [3.63, 3.8) is 0 Å². The fraction of sp³-hybridized carbons (Fsp3) is 0.600. The van der Waals surface area contributed by atoms with Gasteiger partial charge in [-0.05, 0) is 50.2 Å². The fourth-order valence-electron chi connectivity index (χ4n) is 3.13. The van der Waals surface area contributed by atoms with Gasteiger partial charge in [-0.15, -0.1) is 0 Å². The van der Waals surface area contributed by atoms with Crippen LogP contribution in [0, 0.1) is 12.3 Å². The first-order valence-electron chi connectivity index (χ1n) is 7.07. The van der Waals surface area contributed by atoms with Crippen molar-refractivity contribution in [3.05, 3.63) is 29.8 Å². The summed E-state index contributed by atoms with van der Waals surface area (Å²) in [6, 6.07) is 6.79. The SMILES string of the molecule is Cc1ccc(S(=O)(=O)OC2CC3(CCOCC3)C2)cc1. The van der Waals surface area contributed by atoms with Crippen molar-refractivity contribution in [3.8, 4) is 0 Å². The Kier molecular flexibility index (Phi) is 3.60. The second kappa shape index (κ2) is 5.13. The van der Waals surface area contributed by atoms with Crippen molar-refractivity contribution in [2.75, 3.05) is 13.2 Å². The maximum Gasteiger partial charge on any atom is 0.297 e. The van der Waals surface area contributed by atoms with Crippen LogP contribution in [-0.4, -0.2) is 27.7 Å². The highest BCUT2D eigenvalue weighted by Gasteiger charge is 2.47. The Labute approximate surface area is 120 Å². The van der Waals surface area contributed by atoms with Crippen molar-refractivity contribution in [2.24, 2.45) is 5.41 Å². The molecule has 1 heterocycles. The lowest BCUT2D eigenvalue weighted by Gasteiger charge is -2.49. The average molecular weight is 296 g/mol. The zero-order chi connectivity index (χ0) is 14.2. The monoisotopic (exact) mass is 296 g/mol. The molecule has 110 valence electrons. The Morgan fingerprint density at radius 3 is 2.35 bits per heavy atom. The first kappa shape index (κ1) is 14.0. The molecule has 0 atom stereocenters. The quantitative estimate of drug-likeness (QED) is 0.805. The first-order chi connectivity index (χ1) is 9.49. The average Bonchev–Trinajstić information content (AvgIpc) is 2.38. The summed E-state index contributed by atoms with van der Waals surface area (Å²) in [7, 11) is -3.62. The minimum absolute atomic E-state index is 0.167. The third-order valence-corrected chi connectivity index (χ3v) is 5.82. The van der Waals surface area contributed by atoms with Gasteiger partial charge in [0.05, 0.1) is 11.0 Å². The smallest absolute Gasteiger partial charge is 0.297 e. The molecule has 1 aliphatic heterocycles. The van der Waals surface area contributed by atoms with Crippen LogP contribution in [0.1, 0.15) is 31.2 Å². The molecule has 2 fully saturated rings. The summed E-state index contributed by atoms with van der Waals surface area (Å²) in [5.74, 6) is 0. The summed E-state index contributed by atoms with van der Waals surface area (Å²) in [5, 5.41) is 0. The number of hydrogen-bond donors (Lipinski definition) is 0. The van der Waals surface area contributed by atoms with E-state index in [1.165, 1.54) is 0 Å². The minimum atomic E-state index is -3.62. The Hall–Kier alpha value is -0.910. The molecule has 4 nitrogen and oxygen atoms in total. The topological polar surface area (TPSA) is 52.6 Å². The van der Waals surface area contributed by atoms with E-state index in [9.17, 15) is 8.42 Å². The molecule has 0 bridgehead atoms. The van der Waals surface area contributed by atoms with Crippen LogP contribution >= 0.6 is 0 Å².